The summed E-state index contributed by atoms with van der Waals surface area (Å²) in [4.78, 5) is 4.68. The summed E-state index contributed by atoms with van der Waals surface area (Å²) in [6, 6.07) is 4.35. The Morgan fingerprint density at radius 3 is 2.57 bits per heavy atom. The van der Waals surface area contributed by atoms with Crippen LogP contribution in [0.25, 0.3) is 0 Å². The molecule has 0 unspecified atom stereocenters. The summed E-state index contributed by atoms with van der Waals surface area (Å²) < 4.78 is 0. The van der Waals surface area contributed by atoms with Crippen LogP contribution in [0.4, 0.5) is 0 Å². The lowest BCUT2D eigenvalue weighted by atomic mass is 9.99. The topological polar surface area (TPSA) is 12.9 Å². The van der Waals surface area contributed by atoms with Crippen molar-refractivity contribution in [2.45, 2.75) is 46.0 Å². The van der Waals surface area contributed by atoms with Crippen molar-refractivity contribution < 1.29 is 0 Å². The van der Waals surface area contributed by atoms with Gasteiger partial charge in [0.2, 0.25) is 0 Å². The fourth-order valence-corrected chi connectivity index (χ4v) is 1.64. The lowest BCUT2D eigenvalue weighted by Crippen LogP contribution is -2.02. The van der Waals surface area contributed by atoms with Crippen LogP contribution in [0.1, 0.15) is 50.1 Å². The van der Waals surface area contributed by atoms with Crippen LogP contribution >= 0.6 is 0 Å². The lowest BCUT2D eigenvalue weighted by molar-refractivity contribution is 0.777. The SMILES string of the molecule is [CH2]CCc1ccc(CC)nc1C(C)C. The molecule has 0 fully saturated rings. The molecule has 77 valence electrons. The van der Waals surface area contributed by atoms with Gasteiger partial charge in [-0.2, -0.15) is 0 Å². The highest BCUT2D eigenvalue weighted by atomic mass is 14.7. The van der Waals surface area contributed by atoms with Crippen molar-refractivity contribution in [2.75, 3.05) is 0 Å². The zero-order chi connectivity index (χ0) is 10.6. The van der Waals surface area contributed by atoms with Crippen molar-refractivity contribution >= 4 is 0 Å². The van der Waals surface area contributed by atoms with E-state index in [0.717, 1.165) is 19.3 Å². The number of rotatable bonds is 4. The molecular weight excluding hydrogens is 170 g/mol. The number of hydrogen-bond donors (Lipinski definition) is 0. The molecule has 14 heavy (non-hydrogen) atoms. The van der Waals surface area contributed by atoms with Crippen LogP contribution < -0.4 is 0 Å². The molecule has 0 bridgehead atoms. The lowest BCUT2D eigenvalue weighted by Gasteiger charge is -2.12. The van der Waals surface area contributed by atoms with Crippen LogP contribution in [-0.4, -0.2) is 4.98 Å². The predicted molar refractivity (Wildman–Crippen MR) is 61.4 cm³/mol. The Hall–Kier alpha value is -0.850. The van der Waals surface area contributed by atoms with E-state index in [1.807, 2.05) is 0 Å². The third-order valence-electron chi connectivity index (χ3n) is 2.43. The Labute approximate surface area is 87.6 Å². The third kappa shape index (κ3) is 2.57. The van der Waals surface area contributed by atoms with Gasteiger partial charge in [-0.25, -0.2) is 0 Å². The van der Waals surface area contributed by atoms with Gasteiger partial charge in [0.1, 0.15) is 0 Å². The van der Waals surface area contributed by atoms with Gasteiger partial charge in [-0.1, -0.05) is 33.8 Å². The molecule has 0 saturated carbocycles. The molecule has 1 rings (SSSR count). The second kappa shape index (κ2) is 5.14. The Bertz CT molecular complexity index is 289. The maximum atomic E-state index is 4.68. The highest BCUT2D eigenvalue weighted by Gasteiger charge is 2.08. The summed E-state index contributed by atoms with van der Waals surface area (Å²) in [6.07, 6.45) is 3.02. The molecular formula is C13H20N. The summed E-state index contributed by atoms with van der Waals surface area (Å²) in [6.45, 7) is 10.4. The van der Waals surface area contributed by atoms with Crippen molar-refractivity contribution in [3.05, 3.63) is 36.0 Å². The average molecular weight is 190 g/mol. The van der Waals surface area contributed by atoms with Crippen molar-refractivity contribution in [3.63, 3.8) is 0 Å². The number of aryl methyl sites for hydroxylation is 2. The number of aromatic nitrogens is 1. The third-order valence-corrected chi connectivity index (χ3v) is 2.43. The molecule has 1 aromatic rings. The number of nitrogens with zero attached hydrogens (tertiary/aromatic N) is 1. The molecule has 1 heterocycles. The summed E-state index contributed by atoms with van der Waals surface area (Å²) in [7, 11) is 0. The highest BCUT2D eigenvalue weighted by molar-refractivity contribution is 5.25. The molecule has 0 saturated heterocycles. The van der Waals surface area contributed by atoms with Gasteiger partial charge in [0.15, 0.2) is 0 Å². The van der Waals surface area contributed by atoms with E-state index in [1.165, 1.54) is 17.0 Å². The number of pyridine rings is 1. The zero-order valence-electron chi connectivity index (χ0n) is 9.51. The molecule has 0 atom stereocenters. The van der Waals surface area contributed by atoms with Gasteiger partial charge >= 0.3 is 0 Å². The first-order chi connectivity index (χ1) is 6.69. The van der Waals surface area contributed by atoms with Crippen LogP contribution in [0, 0.1) is 6.92 Å². The molecule has 0 spiro atoms. The second-order valence-corrected chi connectivity index (χ2v) is 3.96. The molecule has 0 aliphatic rings. The Morgan fingerprint density at radius 1 is 1.36 bits per heavy atom. The van der Waals surface area contributed by atoms with E-state index >= 15 is 0 Å². The van der Waals surface area contributed by atoms with Crippen LogP contribution in [-0.2, 0) is 12.8 Å². The van der Waals surface area contributed by atoms with Gasteiger partial charge in [0, 0.05) is 11.4 Å². The van der Waals surface area contributed by atoms with Crippen LogP contribution in [0.3, 0.4) is 0 Å². The molecule has 0 amide bonds. The average Bonchev–Trinajstić information content (AvgIpc) is 2.18. The van der Waals surface area contributed by atoms with Gasteiger partial charge < -0.3 is 0 Å². The first-order valence-electron chi connectivity index (χ1n) is 5.47. The molecule has 0 aliphatic carbocycles. The van der Waals surface area contributed by atoms with Gasteiger partial charge in [-0.05, 0) is 36.8 Å². The standard InChI is InChI=1S/C13H20N/c1-5-7-11-8-9-12(6-2)14-13(11)10(3)4/h8-10H,1,5-7H2,2-4H3. The van der Waals surface area contributed by atoms with Crippen molar-refractivity contribution in [3.8, 4) is 0 Å². The molecule has 1 nitrogen and oxygen atoms in total. The highest BCUT2D eigenvalue weighted by Crippen LogP contribution is 2.19. The van der Waals surface area contributed by atoms with Gasteiger partial charge in [0.25, 0.3) is 0 Å². The predicted octanol–water partition coefficient (Wildman–Crippen LogP) is 3.53. The summed E-state index contributed by atoms with van der Waals surface area (Å²) >= 11 is 0. The van der Waals surface area contributed by atoms with Crippen molar-refractivity contribution in [2.24, 2.45) is 0 Å². The summed E-state index contributed by atoms with van der Waals surface area (Å²) in [5.41, 5.74) is 3.82. The van der Waals surface area contributed by atoms with E-state index in [4.69, 9.17) is 0 Å². The van der Waals surface area contributed by atoms with Crippen LogP contribution in [0.2, 0.25) is 0 Å². The Morgan fingerprint density at radius 2 is 2.07 bits per heavy atom. The van der Waals surface area contributed by atoms with Crippen molar-refractivity contribution in [1.82, 2.24) is 4.98 Å². The maximum absolute atomic E-state index is 4.68. The number of hydrogen-bond acceptors (Lipinski definition) is 1. The Kier molecular flexibility index (Phi) is 4.12. The van der Waals surface area contributed by atoms with E-state index < -0.39 is 0 Å². The fourth-order valence-electron chi connectivity index (χ4n) is 1.64. The minimum absolute atomic E-state index is 0.517. The quantitative estimate of drug-likeness (QED) is 0.707. The Balaban J connectivity index is 3.03. The first-order valence-corrected chi connectivity index (χ1v) is 5.47. The zero-order valence-corrected chi connectivity index (χ0v) is 9.51. The van der Waals surface area contributed by atoms with Gasteiger partial charge in [-0.3, -0.25) is 4.98 Å². The van der Waals surface area contributed by atoms with E-state index in [1.54, 1.807) is 0 Å². The molecule has 1 radical (unpaired) electrons. The molecule has 1 aromatic heterocycles. The van der Waals surface area contributed by atoms with E-state index in [9.17, 15) is 0 Å². The van der Waals surface area contributed by atoms with Gasteiger partial charge in [0.05, 0.1) is 0 Å². The summed E-state index contributed by atoms with van der Waals surface area (Å²) in [5, 5.41) is 0. The van der Waals surface area contributed by atoms with E-state index in [2.05, 4.69) is 44.8 Å². The molecule has 1 heteroatoms. The smallest absolute Gasteiger partial charge is 0.0464 e. The van der Waals surface area contributed by atoms with E-state index in [0.29, 0.717) is 5.92 Å². The molecule has 0 aliphatic heterocycles. The second-order valence-electron chi connectivity index (χ2n) is 3.96. The largest absolute Gasteiger partial charge is 0.257 e. The van der Waals surface area contributed by atoms with E-state index in [-0.39, 0.29) is 0 Å². The fraction of sp³-hybridized carbons (Fsp3) is 0.538. The minimum atomic E-state index is 0.517. The van der Waals surface area contributed by atoms with Crippen LogP contribution in [0.15, 0.2) is 12.1 Å². The first kappa shape index (κ1) is 11.2. The monoisotopic (exact) mass is 190 g/mol. The van der Waals surface area contributed by atoms with Gasteiger partial charge in [-0.15, -0.1) is 0 Å². The molecule has 0 N–H and O–H groups in total. The summed E-state index contributed by atoms with van der Waals surface area (Å²) in [5.74, 6) is 0.517. The molecule has 0 aromatic carbocycles. The van der Waals surface area contributed by atoms with Crippen LogP contribution in [0.5, 0.6) is 0 Å². The normalized spacial score (nSPS) is 10.9. The minimum Gasteiger partial charge on any atom is -0.257 e. The maximum Gasteiger partial charge on any atom is 0.0464 e. The van der Waals surface area contributed by atoms with Crippen molar-refractivity contribution in [1.29, 1.82) is 0 Å².